The molecule has 2 amide bonds. The summed E-state index contributed by atoms with van der Waals surface area (Å²) in [7, 11) is 0. The first-order valence-electron chi connectivity index (χ1n) is 5.48. The van der Waals surface area contributed by atoms with Gasteiger partial charge in [0.25, 0.3) is 5.91 Å². The fourth-order valence-electron chi connectivity index (χ4n) is 1.43. The summed E-state index contributed by atoms with van der Waals surface area (Å²) in [5, 5.41) is 10.9. The molecule has 0 aliphatic heterocycles. The number of nitrogens with one attached hydrogen (secondary N) is 1. The third-order valence-electron chi connectivity index (χ3n) is 2.36. The van der Waals surface area contributed by atoms with Gasteiger partial charge in [0.05, 0.1) is 6.54 Å². The quantitative estimate of drug-likeness (QED) is 0.663. The molecule has 0 saturated heterocycles. The third kappa shape index (κ3) is 4.63. The van der Waals surface area contributed by atoms with Crippen LogP contribution in [0, 0.1) is 6.92 Å². The maximum absolute atomic E-state index is 11.6. The summed E-state index contributed by atoms with van der Waals surface area (Å²) in [4.78, 5) is 32.6. The van der Waals surface area contributed by atoms with E-state index in [1.807, 2.05) is 0 Å². The van der Waals surface area contributed by atoms with E-state index in [-0.39, 0.29) is 6.54 Å². The Bertz CT molecular complexity index is 550. The zero-order chi connectivity index (χ0) is 14.4. The Morgan fingerprint density at radius 2 is 2.05 bits per heavy atom. The van der Waals surface area contributed by atoms with Crippen molar-refractivity contribution in [2.75, 3.05) is 6.54 Å². The lowest BCUT2D eigenvalue weighted by molar-refractivity contribution is -0.131. The van der Waals surface area contributed by atoms with Crippen LogP contribution in [0.1, 0.15) is 21.5 Å². The van der Waals surface area contributed by atoms with Gasteiger partial charge in [0.1, 0.15) is 0 Å². The second-order valence-electron chi connectivity index (χ2n) is 3.89. The molecule has 6 heteroatoms. The molecule has 1 aromatic carbocycles. The zero-order valence-corrected chi connectivity index (χ0v) is 10.3. The van der Waals surface area contributed by atoms with Gasteiger partial charge in [0.2, 0.25) is 5.91 Å². The number of carbonyl (C=O) groups is 3. The number of carboxylic acid groups (broad SMARTS) is 1. The van der Waals surface area contributed by atoms with Crippen LogP contribution in [-0.2, 0) is 9.59 Å². The zero-order valence-electron chi connectivity index (χ0n) is 10.3. The highest BCUT2D eigenvalue weighted by Gasteiger charge is 2.07. The van der Waals surface area contributed by atoms with Crippen LogP contribution in [-0.4, -0.2) is 29.4 Å². The smallest absolute Gasteiger partial charge is 0.328 e. The molecular formula is C13H14N2O4. The SMILES string of the molecule is Cc1cc(C(=O)NCC(N)=O)ccc1/C=C/C(=O)O. The van der Waals surface area contributed by atoms with Crippen molar-refractivity contribution in [3.63, 3.8) is 0 Å². The Morgan fingerprint density at radius 3 is 2.58 bits per heavy atom. The number of amides is 2. The summed E-state index contributed by atoms with van der Waals surface area (Å²) in [6, 6.07) is 4.79. The van der Waals surface area contributed by atoms with Gasteiger partial charge in [-0.1, -0.05) is 6.07 Å². The fourth-order valence-corrected chi connectivity index (χ4v) is 1.43. The number of hydrogen-bond donors (Lipinski definition) is 3. The van der Waals surface area contributed by atoms with Gasteiger partial charge in [-0.25, -0.2) is 4.79 Å². The number of benzene rings is 1. The molecule has 0 aliphatic rings. The van der Waals surface area contributed by atoms with Crippen LogP contribution < -0.4 is 11.1 Å². The van der Waals surface area contributed by atoms with Crippen LogP contribution in [0.4, 0.5) is 0 Å². The molecule has 0 unspecified atom stereocenters. The van der Waals surface area contributed by atoms with Crippen molar-refractivity contribution in [1.82, 2.24) is 5.32 Å². The van der Waals surface area contributed by atoms with E-state index in [2.05, 4.69) is 5.32 Å². The molecule has 0 fully saturated rings. The molecule has 0 saturated carbocycles. The molecule has 100 valence electrons. The molecule has 0 aliphatic carbocycles. The molecule has 0 radical (unpaired) electrons. The highest BCUT2D eigenvalue weighted by molar-refractivity contribution is 5.96. The summed E-state index contributed by atoms with van der Waals surface area (Å²) in [6.45, 7) is 1.53. The number of aliphatic carboxylic acids is 1. The number of nitrogens with two attached hydrogens (primary N) is 1. The van der Waals surface area contributed by atoms with E-state index in [9.17, 15) is 14.4 Å². The lowest BCUT2D eigenvalue weighted by Gasteiger charge is -2.06. The maximum atomic E-state index is 11.6. The predicted molar refractivity (Wildman–Crippen MR) is 69.4 cm³/mol. The molecule has 4 N–H and O–H groups in total. The van der Waals surface area contributed by atoms with E-state index in [1.54, 1.807) is 25.1 Å². The second-order valence-corrected chi connectivity index (χ2v) is 3.89. The summed E-state index contributed by atoms with van der Waals surface area (Å²) < 4.78 is 0. The summed E-state index contributed by atoms with van der Waals surface area (Å²) >= 11 is 0. The van der Waals surface area contributed by atoms with Crippen molar-refractivity contribution in [2.45, 2.75) is 6.92 Å². The van der Waals surface area contributed by atoms with Gasteiger partial charge in [-0.3, -0.25) is 9.59 Å². The largest absolute Gasteiger partial charge is 0.478 e. The van der Waals surface area contributed by atoms with Crippen LogP contribution in [0.15, 0.2) is 24.3 Å². The molecule has 0 spiro atoms. The number of hydrogen-bond acceptors (Lipinski definition) is 3. The standard InChI is InChI=1S/C13H14N2O4/c1-8-6-10(13(19)15-7-11(14)16)3-2-9(8)4-5-12(17)18/h2-6H,7H2,1H3,(H2,14,16)(H,15,19)(H,17,18)/b5-4+. The fraction of sp³-hybridized carbons (Fsp3) is 0.154. The Hall–Kier alpha value is -2.63. The van der Waals surface area contributed by atoms with Gasteiger partial charge in [-0.15, -0.1) is 0 Å². The number of primary amides is 1. The minimum Gasteiger partial charge on any atom is -0.478 e. The van der Waals surface area contributed by atoms with Gasteiger partial charge in [-0.05, 0) is 36.3 Å². The molecule has 0 aromatic heterocycles. The molecule has 19 heavy (non-hydrogen) atoms. The first-order valence-corrected chi connectivity index (χ1v) is 5.48. The number of aryl methyl sites for hydroxylation is 1. The number of rotatable bonds is 5. The van der Waals surface area contributed by atoms with Gasteiger partial charge < -0.3 is 16.2 Å². The highest BCUT2D eigenvalue weighted by Crippen LogP contribution is 2.12. The predicted octanol–water partition coefficient (Wildman–Crippen LogP) is 0.308. The first-order chi connectivity index (χ1) is 8.90. The van der Waals surface area contributed by atoms with E-state index < -0.39 is 17.8 Å². The van der Waals surface area contributed by atoms with Crippen LogP contribution in [0.25, 0.3) is 6.08 Å². The van der Waals surface area contributed by atoms with Crippen molar-refractivity contribution in [3.05, 3.63) is 41.0 Å². The van der Waals surface area contributed by atoms with Gasteiger partial charge in [0.15, 0.2) is 0 Å². The second kappa shape index (κ2) is 6.34. The Balaban J connectivity index is 2.84. The summed E-state index contributed by atoms with van der Waals surface area (Å²) in [6.07, 6.45) is 2.47. The van der Waals surface area contributed by atoms with Crippen molar-refractivity contribution in [1.29, 1.82) is 0 Å². The van der Waals surface area contributed by atoms with Crippen molar-refractivity contribution in [2.24, 2.45) is 5.73 Å². The van der Waals surface area contributed by atoms with E-state index in [0.29, 0.717) is 11.1 Å². The third-order valence-corrected chi connectivity index (χ3v) is 2.36. The van der Waals surface area contributed by atoms with Crippen molar-refractivity contribution >= 4 is 23.9 Å². The summed E-state index contributed by atoms with van der Waals surface area (Å²) in [5.74, 6) is -2.07. The molecule has 0 bridgehead atoms. The van der Waals surface area contributed by atoms with Crippen molar-refractivity contribution < 1.29 is 19.5 Å². The van der Waals surface area contributed by atoms with Crippen LogP contribution in [0.5, 0.6) is 0 Å². The lowest BCUT2D eigenvalue weighted by Crippen LogP contribution is -2.33. The maximum Gasteiger partial charge on any atom is 0.328 e. The number of carboxylic acids is 1. The van der Waals surface area contributed by atoms with Gasteiger partial charge in [-0.2, -0.15) is 0 Å². The average molecular weight is 262 g/mol. The molecule has 0 atom stereocenters. The van der Waals surface area contributed by atoms with Crippen LogP contribution in [0.3, 0.4) is 0 Å². The molecular weight excluding hydrogens is 248 g/mol. The topological polar surface area (TPSA) is 109 Å². The molecule has 6 nitrogen and oxygen atoms in total. The molecule has 1 rings (SSSR count). The minimum absolute atomic E-state index is 0.224. The van der Waals surface area contributed by atoms with Gasteiger partial charge in [0, 0.05) is 11.6 Å². The normalized spacial score (nSPS) is 10.4. The van der Waals surface area contributed by atoms with Crippen molar-refractivity contribution in [3.8, 4) is 0 Å². The van der Waals surface area contributed by atoms with E-state index >= 15 is 0 Å². The Labute approximate surface area is 109 Å². The highest BCUT2D eigenvalue weighted by atomic mass is 16.4. The number of carbonyl (C=O) groups excluding carboxylic acids is 2. The van der Waals surface area contributed by atoms with Crippen LogP contribution >= 0.6 is 0 Å². The molecule has 0 heterocycles. The Morgan fingerprint density at radius 1 is 1.37 bits per heavy atom. The lowest BCUT2D eigenvalue weighted by atomic mass is 10.0. The molecule has 1 aromatic rings. The van der Waals surface area contributed by atoms with E-state index in [0.717, 1.165) is 11.6 Å². The monoisotopic (exact) mass is 262 g/mol. The van der Waals surface area contributed by atoms with E-state index in [1.165, 1.54) is 6.08 Å². The first kappa shape index (κ1) is 14.4. The van der Waals surface area contributed by atoms with Gasteiger partial charge >= 0.3 is 5.97 Å². The Kier molecular flexibility index (Phi) is 4.82. The van der Waals surface area contributed by atoms with Crippen LogP contribution in [0.2, 0.25) is 0 Å². The average Bonchev–Trinajstić information content (AvgIpc) is 2.34. The summed E-state index contributed by atoms with van der Waals surface area (Å²) in [5.41, 5.74) is 6.76. The van der Waals surface area contributed by atoms with E-state index in [4.69, 9.17) is 10.8 Å². The minimum atomic E-state index is -1.04.